The third-order valence-corrected chi connectivity index (χ3v) is 3.25. The molecule has 0 unspecified atom stereocenters. The van der Waals surface area contributed by atoms with Crippen molar-refractivity contribution in [3.05, 3.63) is 11.3 Å². The van der Waals surface area contributed by atoms with Crippen molar-refractivity contribution >= 4 is 0 Å². The molecule has 0 fully saturated rings. The third kappa shape index (κ3) is 1.62. The van der Waals surface area contributed by atoms with Crippen LogP contribution in [0.4, 0.5) is 0 Å². The molecule has 0 bridgehead atoms. The van der Waals surface area contributed by atoms with Gasteiger partial charge in [0.25, 0.3) is 0 Å². The lowest BCUT2D eigenvalue weighted by molar-refractivity contribution is -0.215. The number of hydrogen-bond acceptors (Lipinski definition) is 4. The van der Waals surface area contributed by atoms with Crippen molar-refractivity contribution in [1.29, 1.82) is 0 Å². The zero-order valence-corrected chi connectivity index (χ0v) is 10.7. The van der Waals surface area contributed by atoms with Crippen LogP contribution in [0.3, 0.4) is 0 Å². The number of azo groups is 1. The van der Waals surface area contributed by atoms with Gasteiger partial charge in [0, 0.05) is 7.05 Å². The van der Waals surface area contributed by atoms with Crippen LogP contribution in [0.25, 0.3) is 0 Å². The lowest BCUT2D eigenvalue weighted by Crippen LogP contribution is -2.49. The molecule has 0 saturated carbocycles. The summed E-state index contributed by atoms with van der Waals surface area (Å²) in [5.74, 6) is 0. The standard InChI is InChI=1S/C11H21N3O/c1-8-9(13-12-6)11(4,5)14(15-7)10(8,2)3/h1-7H3/b13-12-. The molecule has 15 heavy (non-hydrogen) atoms. The number of hydroxylamine groups is 2. The van der Waals surface area contributed by atoms with E-state index >= 15 is 0 Å². The first kappa shape index (κ1) is 12.3. The zero-order valence-electron chi connectivity index (χ0n) is 10.7. The molecule has 0 aliphatic carbocycles. The Hall–Kier alpha value is -0.740. The lowest BCUT2D eigenvalue weighted by atomic mass is 9.97. The van der Waals surface area contributed by atoms with Gasteiger partial charge >= 0.3 is 0 Å². The van der Waals surface area contributed by atoms with Gasteiger partial charge in [-0.05, 0) is 40.2 Å². The van der Waals surface area contributed by atoms with Gasteiger partial charge in [-0.3, -0.25) is 0 Å². The van der Waals surface area contributed by atoms with Gasteiger partial charge in [0.05, 0.1) is 23.9 Å². The molecule has 4 nitrogen and oxygen atoms in total. The molecule has 1 aliphatic heterocycles. The monoisotopic (exact) mass is 211 g/mol. The van der Waals surface area contributed by atoms with Crippen LogP contribution in [-0.4, -0.2) is 30.3 Å². The highest BCUT2D eigenvalue weighted by Gasteiger charge is 2.50. The molecular weight excluding hydrogens is 190 g/mol. The summed E-state index contributed by atoms with van der Waals surface area (Å²) in [7, 11) is 3.39. The van der Waals surface area contributed by atoms with Crippen LogP contribution in [0.15, 0.2) is 21.5 Å². The molecule has 0 amide bonds. The Morgan fingerprint density at radius 1 is 1.13 bits per heavy atom. The highest BCUT2D eigenvalue weighted by atomic mass is 16.7. The van der Waals surface area contributed by atoms with E-state index in [1.807, 2.05) is 5.06 Å². The molecule has 1 heterocycles. The van der Waals surface area contributed by atoms with E-state index in [0.717, 1.165) is 5.70 Å². The molecule has 0 aromatic heterocycles. The molecule has 0 aromatic carbocycles. The normalized spacial score (nSPS) is 25.5. The van der Waals surface area contributed by atoms with Gasteiger partial charge in [0.2, 0.25) is 0 Å². The van der Waals surface area contributed by atoms with Crippen molar-refractivity contribution in [2.45, 2.75) is 45.7 Å². The van der Waals surface area contributed by atoms with Gasteiger partial charge < -0.3 is 4.84 Å². The Balaban J connectivity index is 3.30. The van der Waals surface area contributed by atoms with E-state index in [-0.39, 0.29) is 11.1 Å². The largest absolute Gasteiger partial charge is 0.301 e. The van der Waals surface area contributed by atoms with Crippen molar-refractivity contribution in [3.63, 3.8) is 0 Å². The van der Waals surface area contributed by atoms with Crippen molar-refractivity contribution < 1.29 is 4.84 Å². The molecule has 4 heteroatoms. The summed E-state index contributed by atoms with van der Waals surface area (Å²) < 4.78 is 0. The van der Waals surface area contributed by atoms with Gasteiger partial charge in [-0.15, -0.1) is 0 Å². The summed E-state index contributed by atoms with van der Waals surface area (Å²) in [6, 6.07) is 0. The summed E-state index contributed by atoms with van der Waals surface area (Å²) in [4.78, 5) is 5.48. The summed E-state index contributed by atoms with van der Waals surface area (Å²) in [6.07, 6.45) is 0. The number of hydrogen-bond donors (Lipinski definition) is 0. The van der Waals surface area contributed by atoms with Crippen LogP contribution in [0.1, 0.15) is 34.6 Å². The predicted octanol–water partition coefficient (Wildman–Crippen LogP) is 2.78. The fourth-order valence-electron chi connectivity index (χ4n) is 2.45. The first-order chi connectivity index (χ1) is 6.80. The average molecular weight is 211 g/mol. The minimum atomic E-state index is -0.234. The van der Waals surface area contributed by atoms with Gasteiger partial charge in [-0.25, -0.2) is 0 Å². The maximum atomic E-state index is 5.48. The molecule has 0 saturated heterocycles. The van der Waals surface area contributed by atoms with Crippen molar-refractivity contribution in [2.24, 2.45) is 10.2 Å². The number of nitrogens with zero attached hydrogens (tertiary/aromatic N) is 3. The molecule has 0 atom stereocenters. The Labute approximate surface area is 92.0 Å². The molecule has 1 aliphatic rings. The number of rotatable bonds is 2. The van der Waals surface area contributed by atoms with E-state index in [0.29, 0.717) is 0 Å². The van der Waals surface area contributed by atoms with E-state index in [4.69, 9.17) is 4.84 Å². The van der Waals surface area contributed by atoms with Gasteiger partial charge in [-0.1, -0.05) is 0 Å². The Morgan fingerprint density at radius 3 is 2.00 bits per heavy atom. The van der Waals surface area contributed by atoms with E-state index in [2.05, 4.69) is 44.8 Å². The van der Waals surface area contributed by atoms with Crippen molar-refractivity contribution in [1.82, 2.24) is 5.06 Å². The molecule has 0 aromatic rings. The van der Waals surface area contributed by atoms with Crippen molar-refractivity contribution in [3.8, 4) is 0 Å². The van der Waals surface area contributed by atoms with Crippen LogP contribution in [0.5, 0.6) is 0 Å². The highest BCUT2D eigenvalue weighted by molar-refractivity contribution is 5.35. The van der Waals surface area contributed by atoms with Crippen molar-refractivity contribution in [2.75, 3.05) is 14.2 Å². The van der Waals surface area contributed by atoms with Crippen LogP contribution >= 0.6 is 0 Å². The Bertz CT molecular complexity index is 316. The maximum absolute atomic E-state index is 5.48. The predicted molar refractivity (Wildman–Crippen MR) is 60.5 cm³/mol. The fourth-order valence-corrected chi connectivity index (χ4v) is 2.45. The molecule has 0 spiro atoms. The lowest BCUT2D eigenvalue weighted by Gasteiger charge is -2.39. The SMILES string of the molecule is C/N=N\C1=C(C)C(C)(C)N(OC)C1(C)C. The van der Waals surface area contributed by atoms with E-state index in [1.165, 1.54) is 5.57 Å². The first-order valence-corrected chi connectivity index (χ1v) is 5.16. The Kier molecular flexibility index (Phi) is 3.03. The topological polar surface area (TPSA) is 37.2 Å². The summed E-state index contributed by atoms with van der Waals surface area (Å²) in [5, 5.41) is 10.1. The molecule has 1 rings (SSSR count). The van der Waals surface area contributed by atoms with E-state index < -0.39 is 0 Å². The van der Waals surface area contributed by atoms with Gasteiger partial charge in [0.1, 0.15) is 0 Å². The quantitative estimate of drug-likeness (QED) is 0.659. The van der Waals surface area contributed by atoms with Crippen LogP contribution in [0.2, 0.25) is 0 Å². The second-order valence-electron chi connectivity index (χ2n) is 4.87. The Morgan fingerprint density at radius 2 is 1.67 bits per heavy atom. The molecule has 0 radical (unpaired) electrons. The first-order valence-electron chi connectivity index (χ1n) is 5.16. The maximum Gasteiger partial charge on any atom is 0.0855 e. The minimum Gasteiger partial charge on any atom is -0.301 e. The van der Waals surface area contributed by atoms with Crippen LogP contribution in [-0.2, 0) is 4.84 Å². The molecular formula is C11H21N3O. The van der Waals surface area contributed by atoms with Gasteiger partial charge in [-0.2, -0.15) is 15.3 Å². The molecule has 0 N–H and O–H groups in total. The third-order valence-electron chi connectivity index (χ3n) is 3.25. The second kappa shape index (κ2) is 3.68. The highest BCUT2D eigenvalue weighted by Crippen LogP contribution is 2.45. The zero-order chi connectivity index (χ0) is 11.9. The van der Waals surface area contributed by atoms with Crippen LogP contribution < -0.4 is 0 Å². The fraction of sp³-hybridized carbons (Fsp3) is 0.818. The smallest absolute Gasteiger partial charge is 0.0855 e. The summed E-state index contributed by atoms with van der Waals surface area (Å²) in [6.45, 7) is 10.5. The van der Waals surface area contributed by atoms with E-state index in [9.17, 15) is 0 Å². The second-order valence-corrected chi connectivity index (χ2v) is 4.87. The van der Waals surface area contributed by atoms with E-state index in [1.54, 1.807) is 14.2 Å². The van der Waals surface area contributed by atoms with Gasteiger partial charge in [0.15, 0.2) is 0 Å². The van der Waals surface area contributed by atoms with Crippen LogP contribution in [0, 0.1) is 0 Å². The summed E-state index contributed by atoms with van der Waals surface area (Å²) >= 11 is 0. The average Bonchev–Trinajstić information content (AvgIpc) is 2.23. The molecule has 86 valence electrons. The summed E-state index contributed by atoms with van der Waals surface area (Å²) in [5.41, 5.74) is 1.83. The minimum absolute atomic E-state index is 0.137.